The molecule has 7 heteroatoms. The van der Waals surface area contributed by atoms with Gasteiger partial charge in [0.1, 0.15) is 6.42 Å². The number of thiocarbonyl (C=S) groups is 1. The number of halogens is 3. The third-order valence-electron chi connectivity index (χ3n) is 2.92. The molecule has 1 saturated carbocycles. The van der Waals surface area contributed by atoms with Gasteiger partial charge in [-0.15, -0.1) is 0 Å². The van der Waals surface area contributed by atoms with Crippen LogP contribution in [0, 0.1) is 0 Å². The van der Waals surface area contributed by atoms with Crippen molar-refractivity contribution in [1.82, 2.24) is 5.32 Å². The molecule has 98 valence electrons. The van der Waals surface area contributed by atoms with Gasteiger partial charge in [-0.3, -0.25) is 4.79 Å². The molecule has 0 heterocycles. The number of nitrogens with two attached hydrogens (primary N) is 1. The standard InChI is InChI=1S/C10H15F3N2OS/c11-10(12,13)6-7(16)15-9(8(14)17)4-2-1-3-5-9/h1-6H2,(H2,14,17)(H,15,16). The summed E-state index contributed by atoms with van der Waals surface area (Å²) in [6.45, 7) is 0. The van der Waals surface area contributed by atoms with E-state index in [0.717, 1.165) is 19.3 Å². The molecular formula is C10H15F3N2OS. The van der Waals surface area contributed by atoms with Crippen LogP contribution >= 0.6 is 12.2 Å². The highest BCUT2D eigenvalue weighted by Crippen LogP contribution is 2.29. The summed E-state index contributed by atoms with van der Waals surface area (Å²) in [7, 11) is 0. The van der Waals surface area contributed by atoms with Crippen molar-refractivity contribution in [2.45, 2.75) is 50.2 Å². The predicted octanol–water partition coefficient (Wildman–Crippen LogP) is 2.04. The van der Waals surface area contributed by atoms with Crippen molar-refractivity contribution in [3.8, 4) is 0 Å². The molecule has 17 heavy (non-hydrogen) atoms. The Morgan fingerprint density at radius 2 is 1.82 bits per heavy atom. The van der Waals surface area contributed by atoms with Crippen LogP contribution in [0.5, 0.6) is 0 Å². The highest BCUT2D eigenvalue weighted by atomic mass is 32.1. The Bertz CT molecular complexity index is 311. The second-order valence-electron chi connectivity index (χ2n) is 4.35. The van der Waals surface area contributed by atoms with Crippen molar-refractivity contribution in [1.29, 1.82) is 0 Å². The van der Waals surface area contributed by atoms with Crippen LogP contribution in [0.4, 0.5) is 13.2 Å². The van der Waals surface area contributed by atoms with Crippen molar-refractivity contribution < 1.29 is 18.0 Å². The molecule has 1 rings (SSSR count). The predicted molar refractivity (Wildman–Crippen MR) is 61.4 cm³/mol. The van der Waals surface area contributed by atoms with E-state index in [1.165, 1.54) is 0 Å². The Morgan fingerprint density at radius 3 is 2.24 bits per heavy atom. The van der Waals surface area contributed by atoms with Gasteiger partial charge in [0, 0.05) is 0 Å². The van der Waals surface area contributed by atoms with Gasteiger partial charge in [0.2, 0.25) is 5.91 Å². The number of carbonyl (C=O) groups is 1. The van der Waals surface area contributed by atoms with Crippen LogP contribution in [0.1, 0.15) is 38.5 Å². The molecule has 3 nitrogen and oxygen atoms in total. The minimum atomic E-state index is -4.50. The second-order valence-corrected chi connectivity index (χ2v) is 4.79. The van der Waals surface area contributed by atoms with E-state index in [1.54, 1.807) is 0 Å². The molecule has 0 atom stereocenters. The molecule has 0 spiro atoms. The monoisotopic (exact) mass is 268 g/mol. The number of rotatable bonds is 3. The van der Waals surface area contributed by atoms with E-state index >= 15 is 0 Å². The van der Waals surface area contributed by atoms with Gasteiger partial charge in [-0.2, -0.15) is 13.2 Å². The van der Waals surface area contributed by atoms with Gasteiger partial charge in [0.25, 0.3) is 0 Å². The molecular weight excluding hydrogens is 253 g/mol. The number of carbonyl (C=O) groups excluding carboxylic acids is 1. The first-order chi connectivity index (χ1) is 7.75. The maximum atomic E-state index is 12.1. The smallest absolute Gasteiger partial charge is 0.391 e. The van der Waals surface area contributed by atoms with Crippen LogP contribution in [0.15, 0.2) is 0 Å². The minimum Gasteiger partial charge on any atom is -0.391 e. The Kier molecular flexibility index (Phi) is 4.35. The first-order valence-electron chi connectivity index (χ1n) is 5.43. The van der Waals surface area contributed by atoms with Crippen molar-refractivity contribution in [2.75, 3.05) is 0 Å². The fourth-order valence-electron chi connectivity index (χ4n) is 2.08. The molecule has 0 unspecified atom stereocenters. The second kappa shape index (κ2) is 5.20. The molecule has 3 N–H and O–H groups in total. The first kappa shape index (κ1) is 14.2. The van der Waals surface area contributed by atoms with Gasteiger partial charge in [-0.05, 0) is 12.8 Å². The molecule has 0 aromatic heterocycles. The lowest BCUT2D eigenvalue weighted by Crippen LogP contribution is -2.58. The summed E-state index contributed by atoms with van der Waals surface area (Å²) in [5.41, 5.74) is 4.63. The van der Waals surface area contributed by atoms with Crippen LogP contribution in [-0.4, -0.2) is 22.6 Å². The van der Waals surface area contributed by atoms with Gasteiger partial charge < -0.3 is 11.1 Å². The molecule has 0 radical (unpaired) electrons. The van der Waals surface area contributed by atoms with Crippen molar-refractivity contribution >= 4 is 23.1 Å². The number of amides is 1. The van der Waals surface area contributed by atoms with E-state index in [1.807, 2.05) is 0 Å². The van der Waals surface area contributed by atoms with Crippen molar-refractivity contribution in [3.63, 3.8) is 0 Å². The Morgan fingerprint density at radius 1 is 1.29 bits per heavy atom. The van der Waals surface area contributed by atoms with Gasteiger partial charge in [-0.1, -0.05) is 31.5 Å². The Hall–Kier alpha value is -0.850. The fourth-order valence-corrected chi connectivity index (χ4v) is 2.34. The molecule has 0 bridgehead atoms. The summed E-state index contributed by atoms with van der Waals surface area (Å²) in [6, 6.07) is 0. The zero-order valence-electron chi connectivity index (χ0n) is 9.27. The van der Waals surface area contributed by atoms with Crippen molar-refractivity contribution in [2.24, 2.45) is 5.73 Å². The molecule has 1 aliphatic rings. The Labute approximate surface area is 103 Å². The lowest BCUT2D eigenvalue weighted by Gasteiger charge is -2.37. The minimum absolute atomic E-state index is 0.0766. The summed E-state index contributed by atoms with van der Waals surface area (Å²) in [5, 5.41) is 2.36. The van der Waals surface area contributed by atoms with E-state index in [9.17, 15) is 18.0 Å². The molecule has 1 fully saturated rings. The molecule has 1 amide bonds. The van der Waals surface area contributed by atoms with E-state index < -0.39 is 24.0 Å². The average molecular weight is 268 g/mol. The highest BCUT2D eigenvalue weighted by Gasteiger charge is 2.39. The lowest BCUT2D eigenvalue weighted by atomic mass is 9.81. The van der Waals surface area contributed by atoms with E-state index in [2.05, 4.69) is 5.32 Å². The first-order valence-corrected chi connectivity index (χ1v) is 5.84. The van der Waals surface area contributed by atoms with Gasteiger partial charge in [0.05, 0.1) is 10.5 Å². The normalized spacial score (nSPS) is 19.7. The van der Waals surface area contributed by atoms with Crippen LogP contribution in [0.2, 0.25) is 0 Å². The van der Waals surface area contributed by atoms with Gasteiger partial charge in [0.15, 0.2) is 0 Å². The molecule has 0 aromatic rings. The molecule has 0 aromatic carbocycles. The maximum absolute atomic E-state index is 12.1. The van der Waals surface area contributed by atoms with Crippen LogP contribution < -0.4 is 11.1 Å². The number of nitrogens with one attached hydrogen (secondary N) is 1. The Balaban J connectivity index is 2.67. The average Bonchev–Trinajstić information content (AvgIpc) is 2.15. The summed E-state index contributed by atoms with van der Waals surface area (Å²) >= 11 is 4.87. The van der Waals surface area contributed by atoms with E-state index in [4.69, 9.17) is 18.0 Å². The zero-order valence-corrected chi connectivity index (χ0v) is 10.1. The van der Waals surface area contributed by atoms with E-state index in [0.29, 0.717) is 12.8 Å². The van der Waals surface area contributed by atoms with Crippen LogP contribution in [-0.2, 0) is 4.79 Å². The molecule has 0 aliphatic heterocycles. The molecule has 0 saturated heterocycles. The quantitative estimate of drug-likeness (QED) is 0.770. The van der Waals surface area contributed by atoms with E-state index in [-0.39, 0.29) is 4.99 Å². The maximum Gasteiger partial charge on any atom is 0.397 e. The number of hydrogen-bond donors (Lipinski definition) is 2. The van der Waals surface area contributed by atoms with Crippen LogP contribution in [0.25, 0.3) is 0 Å². The van der Waals surface area contributed by atoms with Crippen LogP contribution in [0.3, 0.4) is 0 Å². The summed E-state index contributed by atoms with van der Waals surface area (Å²) in [4.78, 5) is 11.4. The summed E-state index contributed by atoms with van der Waals surface area (Å²) in [5.74, 6) is -1.06. The number of hydrogen-bond acceptors (Lipinski definition) is 2. The highest BCUT2D eigenvalue weighted by molar-refractivity contribution is 7.80. The zero-order chi connectivity index (χ0) is 13.1. The summed E-state index contributed by atoms with van der Waals surface area (Å²) in [6.07, 6.45) is -2.35. The largest absolute Gasteiger partial charge is 0.397 e. The lowest BCUT2D eigenvalue weighted by molar-refractivity contribution is -0.154. The topological polar surface area (TPSA) is 55.1 Å². The fraction of sp³-hybridized carbons (Fsp3) is 0.800. The third-order valence-corrected chi connectivity index (χ3v) is 3.31. The van der Waals surface area contributed by atoms with Gasteiger partial charge in [-0.25, -0.2) is 0 Å². The molecule has 1 aliphatic carbocycles. The van der Waals surface area contributed by atoms with Gasteiger partial charge >= 0.3 is 6.18 Å². The SMILES string of the molecule is NC(=S)C1(NC(=O)CC(F)(F)F)CCCCC1. The third kappa shape index (κ3) is 4.14. The number of alkyl halides is 3. The van der Waals surface area contributed by atoms with Crippen molar-refractivity contribution in [3.05, 3.63) is 0 Å². The summed E-state index contributed by atoms with van der Waals surface area (Å²) < 4.78 is 36.2.